The van der Waals surface area contributed by atoms with Gasteiger partial charge in [-0.1, -0.05) is 0 Å². The molecule has 1 heterocycles. The first-order valence-electron chi connectivity index (χ1n) is 3.90. The average Bonchev–Trinajstić information content (AvgIpc) is 2.58. The fraction of sp³-hybridized carbons (Fsp3) is 0. The molecule has 0 aliphatic rings. The fourth-order valence-corrected chi connectivity index (χ4v) is 1.37. The van der Waals surface area contributed by atoms with Gasteiger partial charge in [0.15, 0.2) is 11.6 Å². The normalized spacial score (nSPS) is 10.6. The second-order valence-electron chi connectivity index (χ2n) is 2.78. The van der Waals surface area contributed by atoms with Gasteiger partial charge in [0.25, 0.3) is 0 Å². The molecular formula is C8H5BrF2N4. The topological polar surface area (TPSA) is 56.7 Å². The number of halogens is 3. The molecule has 2 aromatic rings. The molecule has 7 heteroatoms. The lowest BCUT2D eigenvalue weighted by molar-refractivity contribution is 0.572. The maximum atomic E-state index is 13.4. The molecule has 0 unspecified atom stereocenters. The number of hydrogen-bond donors (Lipinski definition) is 1. The molecule has 0 bridgehead atoms. The summed E-state index contributed by atoms with van der Waals surface area (Å²) in [7, 11) is 0. The Balaban J connectivity index is 2.58. The van der Waals surface area contributed by atoms with Crippen molar-refractivity contribution in [2.75, 3.05) is 5.73 Å². The van der Waals surface area contributed by atoms with Crippen molar-refractivity contribution in [3.8, 4) is 5.69 Å². The molecule has 15 heavy (non-hydrogen) atoms. The number of nitrogens with two attached hydrogens (primary N) is 1. The van der Waals surface area contributed by atoms with Crippen LogP contribution in [0.15, 0.2) is 22.8 Å². The molecular weight excluding hydrogens is 270 g/mol. The Kier molecular flexibility index (Phi) is 2.39. The average molecular weight is 275 g/mol. The molecule has 0 radical (unpaired) electrons. The summed E-state index contributed by atoms with van der Waals surface area (Å²) in [6, 6.07) is 1.99. The van der Waals surface area contributed by atoms with Crippen LogP contribution in [-0.4, -0.2) is 15.0 Å². The van der Waals surface area contributed by atoms with E-state index in [2.05, 4.69) is 26.1 Å². The minimum atomic E-state index is -0.640. The number of nitrogen functional groups attached to an aromatic ring is 1. The molecule has 0 saturated carbocycles. The Labute approximate surface area is 91.8 Å². The summed E-state index contributed by atoms with van der Waals surface area (Å²) >= 11 is 2.87. The van der Waals surface area contributed by atoms with Crippen LogP contribution in [0.5, 0.6) is 0 Å². The van der Waals surface area contributed by atoms with Crippen LogP contribution in [0.2, 0.25) is 0 Å². The third-order valence-electron chi connectivity index (χ3n) is 1.71. The summed E-state index contributed by atoms with van der Waals surface area (Å²) in [4.78, 5) is 0.931. The van der Waals surface area contributed by atoms with Crippen LogP contribution in [0.25, 0.3) is 5.69 Å². The van der Waals surface area contributed by atoms with Gasteiger partial charge >= 0.3 is 0 Å². The van der Waals surface area contributed by atoms with Crippen LogP contribution in [0.1, 0.15) is 0 Å². The monoisotopic (exact) mass is 274 g/mol. The second kappa shape index (κ2) is 3.58. The Morgan fingerprint density at radius 3 is 2.60 bits per heavy atom. The molecule has 1 aromatic heterocycles. The molecule has 2 N–H and O–H groups in total. The Morgan fingerprint density at radius 2 is 2.00 bits per heavy atom. The van der Waals surface area contributed by atoms with E-state index in [-0.39, 0.29) is 16.0 Å². The summed E-state index contributed by atoms with van der Waals surface area (Å²) in [6.45, 7) is 0. The quantitative estimate of drug-likeness (QED) is 0.808. The van der Waals surface area contributed by atoms with Crippen LogP contribution in [0, 0.1) is 11.6 Å². The van der Waals surface area contributed by atoms with E-state index in [4.69, 9.17) is 5.73 Å². The zero-order valence-corrected chi connectivity index (χ0v) is 8.87. The van der Waals surface area contributed by atoms with Gasteiger partial charge in [-0.15, -0.1) is 9.90 Å². The van der Waals surface area contributed by atoms with Crippen molar-refractivity contribution in [3.05, 3.63) is 34.4 Å². The number of nitrogens with zero attached hydrogens (tertiary/aromatic N) is 3. The maximum absolute atomic E-state index is 13.4. The zero-order chi connectivity index (χ0) is 11.0. The highest BCUT2D eigenvalue weighted by Crippen LogP contribution is 2.21. The summed E-state index contributed by atoms with van der Waals surface area (Å²) < 4.78 is 26.6. The van der Waals surface area contributed by atoms with Gasteiger partial charge < -0.3 is 5.73 Å². The number of aromatic nitrogens is 3. The molecule has 0 fully saturated rings. The lowest BCUT2D eigenvalue weighted by Gasteiger charge is -2.02. The van der Waals surface area contributed by atoms with Gasteiger partial charge in [0.2, 0.25) is 0 Å². The van der Waals surface area contributed by atoms with Crippen LogP contribution in [0.4, 0.5) is 14.6 Å². The van der Waals surface area contributed by atoms with Crippen LogP contribution < -0.4 is 5.73 Å². The van der Waals surface area contributed by atoms with Crippen molar-refractivity contribution in [3.63, 3.8) is 0 Å². The molecule has 0 aliphatic carbocycles. The smallest absolute Gasteiger partial charge is 0.166 e. The minimum Gasteiger partial charge on any atom is -0.381 e. The highest BCUT2D eigenvalue weighted by molar-refractivity contribution is 9.10. The van der Waals surface area contributed by atoms with E-state index in [0.717, 1.165) is 16.9 Å². The second-order valence-corrected chi connectivity index (χ2v) is 3.63. The van der Waals surface area contributed by atoms with Gasteiger partial charge in [0, 0.05) is 6.07 Å². The number of rotatable bonds is 1. The zero-order valence-electron chi connectivity index (χ0n) is 7.28. The van der Waals surface area contributed by atoms with Gasteiger partial charge in [0.05, 0.1) is 10.7 Å². The van der Waals surface area contributed by atoms with Gasteiger partial charge in [0.1, 0.15) is 11.5 Å². The first kappa shape index (κ1) is 10.0. The van der Waals surface area contributed by atoms with Gasteiger partial charge in [-0.05, 0) is 22.0 Å². The van der Waals surface area contributed by atoms with Crippen molar-refractivity contribution in [1.29, 1.82) is 0 Å². The van der Waals surface area contributed by atoms with E-state index in [1.165, 1.54) is 6.20 Å². The van der Waals surface area contributed by atoms with Crippen LogP contribution >= 0.6 is 15.9 Å². The molecule has 0 atom stereocenters. The Hall–Kier alpha value is -1.50. The first-order chi connectivity index (χ1) is 7.08. The first-order valence-corrected chi connectivity index (χ1v) is 4.70. The van der Waals surface area contributed by atoms with E-state index in [0.29, 0.717) is 0 Å². The van der Waals surface area contributed by atoms with E-state index >= 15 is 0 Å². The predicted molar refractivity (Wildman–Crippen MR) is 53.4 cm³/mol. The predicted octanol–water partition coefficient (Wildman–Crippen LogP) is 1.89. The SMILES string of the molecule is Nc1cnn(-c2cc(F)c(Br)cc2F)n1. The Morgan fingerprint density at radius 1 is 1.27 bits per heavy atom. The van der Waals surface area contributed by atoms with Crippen LogP contribution in [-0.2, 0) is 0 Å². The van der Waals surface area contributed by atoms with E-state index in [1.54, 1.807) is 0 Å². The third kappa shape index (κ3) is 1.82. The summed E-state index contributed by atoms with van der Waals surface area (Å²) in [6.07, 6.45) is 1.25. The maximum Gasteiger partial charge on any atom is 0.166 e. The van der Waals surface area contributed by atoms with Crippen molar-refractivity contribution in [2.24, 2.45) is 0 Å². The fourth-order valence-electron chi connectivity index (χ4n) is 1.06. The molecule has 2 rings (SSSR count). The van der Waals surface area contributed by atoms with E-state index in [1.807, 2.05) is 0 Å². The number of hydrogen-bond acceptors (Lipinski definition) is 3. The minimum absolute atomic E-state index is 0.0453. The lowest BCUT2D eigenvalue weighted by atomic mass is 10.3. The lowest BCUT2D eigenvalue weighted by Crippen LogP contribution is -2.03. The van der Waals surface area contributed by atoms with Crippen molar-refractivity contribution in [2.45, 2.75) is 0 Å². The van der Waals surface area contributed by atoms with Gasteiger partial charge in [-0.2, -0.15) is 5.10 Å². The van der Waals surface area contributed by atoms with E-state index < -0.39 is 11.6 Å². The van der Waals surface area contributed by atoms with Gasteiger partial charge in [-0.25, -0.2) is 8.78 Å². The summed E-state index contributed by atoms with van der Waals surface area (Å²) in [5, 5.41) is 7.35. The van der Waals surface area contributed by atoms with Crippen molar-refractivity contribution >= 4 is 21.7 Å². The molecule has 0 spiro atoms. The molecule has 78 valence electrons. The number of benzene rings is 1. The summed E-state index contributed by atoms with van der Waals surface area (Å²) in [5.74, 6) is -1.10. The standard InChI is InChI=1S/C8H5BrF2N4/c9-4-1-6(11)7(2-5(4)10)15-13-3-8(12)14-15/h1-3H,(H2,12,14). The highest BCUT2D eigenvalue weighted by atomic mass is 79.9. The van der Waals surface area contributed by atoms with Crippen molar-refractivity contribution in [1.82, 2.24) is 15.0 Å². The third-order valence-corrected chi connectivity index (χ3v) is 2.32. The molecule has 4 nitrogen and oxygen atoms in total. The van der Waals surface area contributed by atoms with Crippen molar-refractivity contribution < 1.29 is 8.78 Å². The largest absolute Gasteiger partial charge is 0.381 e. The molecule has 0 amide bonds. The number of anilines is 1. The highest BCUT2D eigenvalue weighted by Gasteiger charge is 2.11. The molecule has 0 saturated heterocycles. The molecule has 1 aromatic carbocycles. The Bertz CT molecular complexity index is 511. The van der Waals surface area contributed by atoms with Crippen LogP contribution in [0.3, 0.4) is 0 Å². The summed E-state index contributed by atoms with van der Waals surface area (Å²) in [5.41, 5.74) is 5.22. The van der Waals surface area contributed by atoms with E-state index in [9.17, 15) is 8.78 Å². The van der Waals surface area contributed by atoms with Gasteiger partial charge in [-0.3, -0.25) is 0 Å². The molecule has 0 aliphatic heterocycles.